The first-order valence-electron chi connectivity index (χ1n) is 36.9. The van der Waals surface area contributed by atoms with Gasteiger partial charge in [-0.1, -0.05) is 255 Å². The maximum Gasteiger partial charge on any atom is 0.220 e. The number of amides is 1. The van der Waals surface area contributed by atoms with E-state index < -0.39 is 124 Å². The van der Waals surface area contributed by atoms with Crippen molar-refractivity contribution in [2.45, 2.75) is 381 Å². The molecule has 3 heterocycles. The van der Waals surface area contributed by atoms with Crippen LogP contribution in [0, 0.1) is 0 Å². The maximum atomic E-state index is 13.4. The molecule has 19 nitrogen and oxygen atoms in total. The summed E-state index contributed by atoms with van der Waals surface area (Å²) >= 11 is 0. The zero-order valence-electron chi connectivity index (χ0n) is 57.0. The van der Waals surface area contributed by atoms with Gasteiger partial charge in [-0.25, -0.2) is 0 Å². The highest BCUT2D eigenvalue weighted by atomic mass is 16.8. The first-order valence-corrected chi connectivity index (χ1v) is 36.9. The Bertz CT molecular complexity index is 1860. The Morgan fingerprint density at radius 2 is 0.728 bits per heavy atom. The summed E-state index contributed by atoms with van der Waals surface area (Å²) in [5.41, 5.74) is 0. The summed E-state index contributed by atoms with van der Waals surface area (Å²) in [4.78, 5) is 13.4. The molecule has 3 aliphatic rings. The fourth-order valence-electron chi connectivity index (χ4n) is 12.4. The number of allylic oxidation sites excluding steroid dienone is 7. The molecule has 3 fully saturated rings. The van der Waals surface area contributed by atoms with E-state index in [0.29, 0.717) is 12.8 Å². The van der Waals surface area contributed by atoms with E-state index in [-0.39, 0.29) is 18.9 Å². The van der Waals surface area contributed by atoms with Crippen LogP contribution in [-0.2, 0) is 33.2 Å². The molecule has 0 spiro atoms. The Labute approximate surface area is 554 Å². The van der Waals surface area contributed by atoms with Crippen LogP contribution in [0.3, 0.4) is 0 Å². The number of rotatable bonds is 57. The summed E-state index contributed by atoms with van der Waals surface area (Å²) < 4.78 is 34.4. The highest BCUT2D eigenvalue weighted by molar-refractivity contribution is 5.76. The fraction of sp³-hybridized carbons (Fsp3) is 0.877. The van der Waals surface area contributed by atoms with Crippen LogP contribution in [0.25, 0.3) is 0 Å². The standard InChI is InChI=1S/C73H133NO18/c1-3-5-7-9-11-13-15-17-19-21-23-25-26-27-28-29-30-31-33-35-37-39-41-43-45-47-49-51-61(79)74-56(57(78)50-48-46-44-42-40-38-36-34-32-24-22-20-18-16-14-12-10-8-6-4-2)55-87-71-67(85)64(82)69(59(53-76)89-71)92-73-68(86)65(83)70(60(54-77)90-73)91-72-66(84)63(81)62(80)58(52-75)88-72/h15,17,21,23,40,42,48,50,56-60,62-73,75-78,80-86H,3-14,16,18-20,22,24-39,41,43-47,49,51-55H2,1-2H3,(H,74,79)/b17-15-,23-21-,42-40+,50-48+. The molecule has 19 heteroatoms. The highest BCUT2D eigenvalue weighted by Gasteiger charge is 2.53. The van der Waals surface area contributed by atoms with Crippen molar-refractivity contribution in [3.63, 3.8) is 0 Å². The molecule has 0 aromatic rings. The zero-order chi connectivity index (χ0) is 66.8. The molecular formula is C73H133NO18. The molecule has 92 heavy (non-hydrogen) atoms. The second kappa shape index (κ2) is 54.7. The summed E-state index contributed by atoms with van der Waals surface area (Å²) in [5.74, 6) is -0.283. The van der Waals surface area contributed by atoms with E-state index in [9.17, 15) is 61.0 Å². The summed E-state index contributed by atoms with van der Waals surface area (Å²) in [5, 5.41) is 121. The molecule has 17 atom stereocenters. The van der Waals surface area contributed by atoms with Crippen LogP contribution in [-0.4, -0.2) is 193 Å². The molecule has 0 saturated carbocycles. The van der Waals surface area contributed by atoms with E-state index in [1.165, 1.54) is 199 Å². The fourth-order valence-corrected chi connectivity index (χ4v) is 12.4. The Morgan fingerprint density at radius 1 is 0.391 bits per heavy atom. The molecule has 3 saturated heterocycles. The molecular weight excluding hydrogens is 1180 g/mol. The smallest absolute Gasteiger partial charge is 0.220 e. The predicted octanol–water partition coefficient (Wildman–Crippen LogP) is 10.6. The molecule has 0 aromatic carbocycles. The minimum absolute atomic E-state index is 0.236. The van der Waals surface area contributed by atoms with Crippen molar-refractivity contribution >= 4 is 5.91 Å². The first kappa shape index (κ1) is 84.0. The number of hydrogen-bond acceptors (Lipinski definition) is 18. The Balaban J connectivity index is 1.42. The molecule has 538 valence electrons. The van der Waals surface area contributed by atoms with Crippen LogP contribution >= 0.6 is 0 Å². The van der Waals surface area contributed by atoms with Crippen LogP contribution in [0.4, 0.5) is 0 Å². The summed E-state index contributed by atoms with van der Waals surface area (Å²) in [6, 6.07) is -0.991. The van der Waals surface area contributed by atoms with Gasteiger partial charge in [-0.05, 0) is 64.2 Å². The van der Waals surface area contributed by atoms with Crippen molar-refractivity contribution in [1.29, 1.82) is 0 Å². The van der Waals surface area contributed by atoms with E-state index in [4.69, 9.17) is 28.4 Å². The second-order valence-electron chi connectivity index (χ2n) is 26.4. The molecule has 0 aliphatic carbocycles. The largest absolute Gasteiger partial charge is 0.394 e. The van der Waals surface area contributed by atoms with Gasteiger partial charge >= 0.3 is 0 Å². The van der Waals surface area contributed by atoms with Gasteiger partial charge in [0.1, 0.15) is 73.2 Å². The average molecular weight is 1310 g/mol. The number of ether oxygens (including phenoxy) is 6. The Kier molecular flexibility index (Phi) is 50.0. The molecule has 12 N–H and O–H groups in total. The third kappa shape index (κ3) is 35.8. The summed E-state index contributed by atoms with van der Waals surface area (Å²) in [6.07, 6.45) is 39.5. The number of hydrogen-bond donors (Lipinski definition) is 12. The molecule has 3 aliphatic heterocycles. The van der Waals surface area contributed by atoms with Gasteiger partial charge in [-0.2, -0.15) is 0 Å². The van der Waals surface area contributed by atoms with Crippen LogP contribution in [0.1, 0.15) is 277 Å². The van der Waals surface area contributed by atoms with E-state index in [0.717, 1.165) is 44.9 Å². The van der Waals surface area contributed by atoms with E-state index in [2.05, 4.69) is 55.6 Å². The van der Waals surface area contributed by atoms with Gasteiger partial charge in [0.15, 0.2) is 18.9 Å². The van der Waals surface area contributed by atoms with Crippen LogP contribution in [0.15, 0.2) is 48.6 Å². The molecule has 17 unspecified atom stereocenters. The van der Waals surface area contributed by atoms with Crippen molar-refractivity contribution in [1.82, 2.24) is 5.32 Å². The monoisotopic (exact) mass is 1310 g/mol. The van der Waals surface area contributed by atoms with Crippen molar-refractivity contribution in [3.05, 3.63) is 48.6 Å². The first-order chi connectivity index (χ1) is 44.8. The Morgan fingerprint density at radius 3 is 1.15 bits per heavy atom. The number of carbonyl (C=O) groups excluding carboxylic acids is 1. The summed E-state index contributed by atoms with van der Waals surface area (Å²) in [7, 11) is 0. The topological polar surface area (TPSA) is 307 Å². The number of unbranched alkanes of at least 4 members (excludes halogenated alkanes) is 35. The lowest BCUT2D eigenvalue weighted by Crippen LogP contribution is -2.66. The zero-order valence-corrected chi connectivity index (χ0v) is 57.0. The number of nitrogens with one attached hydrogen (secondary N) is 1. The third-order valence-electron chi connectivity index (χ3n) is 18.3. The normalized spacial score (nSPS) is 27.9. The third-order valence-corrected chi connectivity index (χ3v) is 18.3. The van der Waals surface area contributed by atoms with Crippen molar-refractivity contribution in [2.24, 2.45) is 0 Å². The van der Waals surface area contributed by atoms with Crippen LogP contribution < -0.4 is 5.32 Å². The van der Waals surface area contributed by atoms with Gasteiger partial charge in [0.2, 0.25) is 5.91 Å². The van der Waals surface area contributed by atoms with E-state index >= 15 is 0 Å². The van der Waals surface area contributed by atoms with Crippen LogP contribution in [0.2, 0.25) is 0 Å². The Hall–Kier alpha value is -2.25. The SMILES string of the molecule is CCCCCCC/C=C\C/C=C\CCCCCCCCCCCCCCCCCC(=O)NC(COC1OC(CO)C(OC2OC(CO)C(OC3OC(CO)C(O)C(O)C3O)C(O)C2O)C(O)C1O)C(O)/C=C/CC/C=C/CCCCCCCCCCCCCCCC. The van der Waals surface area contributed by atoms with Gasteiger partial charge in [0.25, 0.3) is 0 Å². The van der Waals surface area contributed by atoms with Crippen molar-refractivity contribution < 1.29 is 89.4 Å². The average Bonchev–Trinajstić information content (AvgIpc) is 0.854. The second-order valence-corrected chi connectivity index (χ2v) is 26.4. The van der Waals surface area contributed by atoms with E-state index in [1.54, 1.807) is 6.08 Å². The highest BCUT2D eigenvalue weighted by Crippen LogP contribution is 2.33. The molecule has 1 amide bonds. The lowest BCUT2D eigenvalue weighted by molar-refractivity contribution is -0.379. The number of carbonyl (C=O) groups is 1. The van der Waals surface area contributed by atoms with Gasteiger partial charge in [0.05, 0.1) is 38.6 Å². The van der Waals surface area contributed by atoms with Gasteiger partial charge in [0, 0.05) is 6.42 Å². The van der Waals surface area contributed by atoms with Crippen molar-refractivity contribution in [3.8, 4) is 0 Å². The predicted molar refractivity (Wildman–Crippen MR) is 360 cm³/mol. The number of aliphatic hydroxyl groups excluding tert-OH is 11. The van der Waals surface area contributed by atoms with Crippen LogP contribution in [0.5, 0.6) is 0 Å². The van der Waals surface area contributed by atoms with Gasteiger partial charge in [-0.3, -0.25) is 4.79 Å². The minimum atomic E-state index is -1.98. The quantitative estimate of drug-likeness (QED) is 0.0199. The molecule has 0 bridgehead atoms. The van der Waals surface area contributed by atoms with E-state index in [1.807, 2.05) is 6.08 Å². The lowest BCUT2D eigenvalue weighted by atomic mass is 9.96. The minimum Gasteiger partial charge on any atom is -0.394 e. The molecule has 0 aromatic heterocycles. The van der Waals surface area contributed by atoms with Gasteiger partial charge in [-0.15, -0.1) is 0 Å². The van der Waals surface area contributed by atoms with Gasteiger partial charge < -0.3 is 89.9 Å². The molecule has 0 radical (unpaired) electrons. The number of aliphatic hydroxyl groups is 11. The lowest BCUT2D eigenvalue weighted by Gasteiger charge is -2.48. The summed E-state index contributed by atoms with van der Waals surface area (Å²) in [6.45, 7) is 1.73. The van der Waals surface area contributed by atoms with Crippen molar-refractivity contribution in [2.75, 3.05) is 26.4 Å². The maximum absolute atomic E-state index is 13.4. The molecule has 3 rings (SSSR count).